The normalized spacial score (nSPS) is 26.8. The molecule has 31 heteroatoms. The molecule has 8 aliphatic carbocycles. The van der Waals surface area contributed by atoms with Crippen LogP contribution in [-0.2, 0) is 71.8 Å². The Labute approximate surface area is 694 Å². The summed E-state index contributed by atoms with van der Waals surface area (Å²) in [5, 5.41) is 13.4. The largest absolute Gasteiger partial charge is 0.394 e. The molecule has 6 aromatic carbocycles. The molecule has 1 N–H and O–H groups in total. The zero-order chi connectivity index (χ0) is 83.5. The highest BCUT2D eigenvalue weighted by Crippen LogP contribution is 2.67. The predicted octanol–water partition coefficient (Wildman–Crippen LogP) is 14.0. The average Bonchev–Trinajstić information content (AvgIpc) is 1.70. The average molecular weight is 1720 g/mol. The molecule has 3 aliphatic heterocycles. The van der Waals surface area contributed by atoms with Gasteiger partial charge in [0.05, 0.1) is 99.3 Å². The van der Waals surface area contributed by atoms with Gasteiger partial charge < -0.3 is 19.3 Å². The summed E-state index contributed by atoms with van der Waals surface area (Å²) in [6.07, 6.45) is 11.1. The van der Waals surface area contributed by atoms with Crippen LogP contribution in [0.15, 0.2) is 106 Å². The van der Waals surface area contributed by atoms with Crippen LogP contribution in [0, 0.1) is 73.9 Å². The second-order valence-corrected chi connectivity index (χ2v) is 43.6. The van der Waals surface area contributed by atoms with Crippen LogP contribution in [0.4, 0.5) is 0 Å². The molecular weight excluding hydrogens is 1620 g/mol. The summed E-state index contributed by atoms with van der Waals surface area (Å²) in [6.45, 7) is 18.5. The number of ether oxygens (including phenoxy) is 3. The van der Waals surface area contributed by atoms with Crippen molar-refractivity contribution in [1.29, 1.82) is 0 Å². The van der Waals surface area contributed by atoms with Gasteiger partial charge >= 0.3 is 0 Å². The van der Waals surface area contributed by atoms with Crippen molar-refractivity contribution in [2.75, 3.05) is 74.3 Å². The van der Waals surface area contributed by atoms with Gasteiger partial charge in [0.15, 0.2) is 0 Å². The smallest absolute Gasteiger partial charge is 0.289 e. The Morgan fingerprint density at radius 3 is 1.13 bits per heavy atom. The number of aliphatic hydroxyl groups is 1. The Bertz CT molecular complexity index is 5490. The number of carbonyl (C=O) groups excluding carboxylic acids is 9. The molecule has 8 saturated carbocycles. The van der Waals surface area contributed by atoms with E-state index in [9.17, 15) is 68.4 Å². The van der Waals surface area contributed by atoms with E-state index in [1.807, 2.05) is 71.9 Å². The first-order valence-electron chi connectivity index (χ1n) is 40.3. The second kappa shape index (κ2) is 32.2. The predicted molar refractivity (Wildman–Crippen MR) is 439 cm³/mol. The van der Waals surface area contributed by atoms with E-state index >= 15 is 0 Å². The third-order valence-corrected chi connectivity index (χ3v) is 34.6. The topological polar surface area (TPSA) is 341 Å². The number of rotatable bonds is 30. The lowest BCUT2D eigenvalue weighted by Gasteiger charge is -2.36. The van der Waals surface area contributed by atoms with Crippen molar-refractivity contribution in [2.24, 2.45) is 73.9 Å². The highest BCUT2D eigenvalue weighted by Gasteiger charge is 2.69. The van der Waals surface area contributed by atoms with Gasteiger partial charge in [-0.25, -0.2) is 0 Å². The molecule has 8 bridgehead atoms. The van der Waals surface area contributed by atoms with Gasteiger partial charge in [-0.15, -0.1) is 51.6 Å². The summed E-state index contributed by atoms with van der Waals surface area (Å²) < 4.78 is 113. The summed E-state index contributed by atoms with van der Waals surface area (Å²) in [5.41, 5.74) is -3.62. The van der Waals surface area contributed by atoms with Gasteiger partial charge in [0.1, 0.15) is 17.3 Å². The van der Waals surface area contributed by atoms with Crippen LogP contribution in [-0.4, -0.2) is 173 Å². The lowest BCUT2D eigenvalue weighted by molar-refractivity contribution is -0.128. The van der Waals surface area contributed by atoms with Gasteiger partial charge in [0, 0.05) is 74.8 Å². The summed E-state index contributed by atoms with van der Waals surface area (Å²) in [4.78, 5) is 121. The second-order valence-electron chi connectivity index (χ2n) is 35.6. The van der Waals surface area contributed by atoms with E-state index in [4.69, 9.17) is 32.2 Å². The number of imide groups is 3. The molecule has 6 aromatic rings. The Morgan fingerprint density at radius 2 is 0.803 bits per heavy atom. The molecule has 117 heavy (non-hydrogen) atoms. The maximum atomic E-state index is 13.6. The maximum absolute atomic E-state index is 13.6. The molecule has 8 fully saturated rings. The van der Waals surface area contributed by atoms with Crippen LogP contribution in [0.1, 0.15) is 207 Å². The number of carbonyl (C=O) groups is 9. The molecule has 0 spiro atoms. The van der Waals surface area contributed by atoms with E-state index in [2.05, 4.69) is 13.8 Å². The van der Waals surface area contributed by atoms with Crippen molar-refractivity contribution in [3.05, 3.63) is 124 Å². The van der Waals surface area contributed by atoms with Gasteiger partial charge in [0.2, 0.25) is 0 Å². The van der Waals surface area contributed by atoms with E-state index in [0.717, 1.165) is 59.3 Å². The molecule has 9 unspecified atom stereocenters. The molecule has 9 atom stereocenters. The number of hydrogen-bond donors (Lipinski definition) is 1. The van der Waals surface area contributed by atoms with Crippen LogP contribution in [0.3, 0.4) is 0 Å². The number of hydrogen-bond acceptors (Lipinski definition) is 25. The van der Waals surface area contributed by atoms with Crippen molar-refractivity contribution in [2.45, 2.75) is 160 Å². The van der Waals surface area contributed by atoms with Gasteiger partial charge in [-0.3, -0.25) is 43.2 Å². The van der Waals surface area contributed by atoms with Crippen LogP contribution in [0.5, 0.6) is 0 Å². The summed E-state index contributed by atoms with van der Waals surface area (Å²) in [6, 6.07) is 25.8. The van der Waals surface area contributed by atoms with Crippen LogP contribution in [0.25, 0.3) is 32.3 Å². The number of Topliss-reactive ketones (excluding diaryl/α,β-unsaturated/α-hetero) is 3. The van der Waals surface area contributed by atoms with Crippen LogP contribution < -0.4 is 0 Å². The fraction of sp³-hybridized carbons (Fsp3) is 0.547. The molecule has 25 nitrogen and oxygen atoms in total. The molecule has 3 heterocycles. The van der Waals surface area contributed by atoms with Gasteiger partial charge in [-0.05, 0) is 193 Å². The third kappa shape index (κ3) is 15.4. The number of fused-ring (bicyclic) bond motifs is 8. The SMILES string of the molecule is CC(C)CCOCCSc1cc2c3c(cccc3c1)C(=O)N(OS(=O)(=O)CC13CCC(CC1=O)C3(C)C)C2=O.CC1(C)C2CCC1(CS(=O)(=O)ON1C(=O)c3cccc4cc(SCCOCC5CC6CCC5C6)cc(c34)C1=O)C(=O)C2.CC1(C)C2CCC1(CS(=O)(=O)ON1C(=O)c3cccc4cc(SCOCCO)cc(c34)C1=O)C(=O)C2. The Morgan fingerprint density at radius 1 is 0.436 bits per heavy atom. The summed E-state index contributed by atoms with van der Waals surface area (Å²) in [7, 11) is -13.4. The van der Waals surface area contributed by atoms with E-state index in [1.54, 1.807) is 66.4 Å². The zero-order valence-electron chi connectivity index (χ0n) is 66.9. The van der Waals surface area contributed by atoms with Crippen LogP contribution in [0.2, 0.25) is 0 Å². The highest BCUT2D eigenvalue weighted by molar-refractivity contribution is 7.99. The molecule has 17 rings (SSSR count). The summed E-state index contributed by atoms with van der Waals surface area (Å²) >= 11 is 4.38. The number of amides is 6. The number of ketones is 3. The Kier molecular flexibility index (Phi) is 23.4. The standard InChI is InChI=1S/C32H37NO7S2.C29H35NO7S2.C25H27NO8S2/c1-31(2)23-8-9-32(31,27(34)15-23)18-42(37,38)40-33-29(35)25-5-3-4-21-14-24(16-26(28(21)25)30(33)36)41-11-10-39-17-22-13-19-6-7-20(22)12-19;1-18(2)9-11-36-12-13-38-21-14-19-6-5-7-22-25(19)23(16-21)27(33)30(26(22)32)37-39(34,35)17-29-10-8-20(15-24(29)31)28(29,3)4;1-24(2)16-6-7-25(24,20(28)11-16)13-36(31,32)34-26-22(29)18-5-3-4-15-10-17(35-14-33-9-8-27)12-19(21(15)18)23(26)30/h3-5,14,16,19-20,22-23H,6-13,15,17-18H2,1-2H3;5-7,14,16,18,20H,8-13,15,17H2,1-4H3;3-5,10,12,16,27H,6-9,11,13-14H2,1-2H3. The first-order chi connectivity index (χ1) is 55.4. The van der Waals surface area contributed by atoms with E-state index in [-0.39, 0.29) is 87.6 Å². The van der Waals surface area contributed by atoms with Gasteiger partial charge in [-0.2, -0.15) is 25.3 Å². The molecule has 0 aromatic heterocycles. The van der Waals surface area contributed by atoms with Crippen molar-refractivity contribution < 1.29 is 101 Å². The van der Waals surface area contributed by atoms with Crippen LogP contribution >= 0.6 is 35.3 Å². The van der Waals surface area contributed by atoms with E-state index < -0.39 is 116 Å². The molecule has 626 valence electrons. The first-order valence-corrected chi connectivity index (χ1v) is 48.0. The molecular formula is C86H99N3O22S6. The number of aliphatic hydroxyl groups excluding tert-OH is 1. The molecule has 11 aliphatic rings. The van der Waals surface area contributed by atoms with Gasteiger partial charge in [-0.1, -0.05) is 110 Å². The first kappa shape index (κ1) is 85.1. The monoisotopic (exact) mass is 1720 g/mol. The lowest BCUT2D eigenvalue weighted by atomic mass is 9.70. The Hall–Kier alpha value is -6.85. The lowest BCUT2D eigenvalue weighted by Crippen LogP contribution is -2.46. The number of nitrogens with zero attached hydrogens (tertiary/aromatic N) is 3. The third-order valence-electron chi connectivity index (χ3n) is 28.2. The molecule has 0 radical (unpaired) electrons. The van der Waals surface area contributed by atoms with Crippen molar-refractivity contribution >= 4 is 151 Å². The minimum absolute atomic E-state index is 0.0801. The minimum atomic E-state index is -4.47. The molecule has 0 saturated heterocycles. The van der Waals surface area contributed by atoms with E-state index in [0.29, 0.717) is 129 Å². The zero-order valence-corrected chi connectivity index (χ0v) is 71.8. The summed E-state index contributed by atoms with van der Waals surface area (Å²) in [5.74, 6) is -2.04. The number of hydroxylamine groups is 6. The highest BCUT2D eigenvalue weighted by atomic mass is 32.2. The maximum Gasteiger partial charge on any atom is 0.289 e. The van der Waals surface area contributed by atoms with Crippen molar-refractivity contribution in [3.63, 3.8) is 0 Å². The molecule has 6 amide bonds. The number of thioether (sulfide) groups is 3. The van der Waals surface area contributed by atoms with Crippen molar-refractivity contribution in [1.82, 2.24) is 15.2 Å². The fourth-order valence-electron chi connectivity index (χ4n) is 21.2. The van der Waals surface area contributed by atoms with Gasteiger partial charge in [0.25, 0.3) is 65.8 Å². The van der Waals surface area contributed by atoms with E-state index in [1.165, 1.54) is 55.3 Å². The fourth-order valence-corrected chi connectivity index (χ4v) is 28.7. The quantitative estimate of drug-likeness (QED) is 0.0189. The Balaban J connectivity index is 0.000000138. The number of benzene rings is 6. The minimum Gasteiger partial charge on any atom is -0.394 e. The van der Waals surface area contributed by atoms with Crippen molar-refractivity contribution in [3.8, 4) is 0 Å².